The second-order valence-electron chi connectivity index (χ2n) is 6.00. The third-order valence-corrected chi connectivity index (χ3v) is 5.09. The zero-order chi connectivity index (χ0) is 14.7. The predicted octanol–water partition coefficient (Wildman–Crippen LogP) is 3.12. The number of aromatic nitrogens is 3. The fourth-order valence-electron chi connectivity index (χ4n) is 3.34. The summed E-state index contributed by atoms with van der Waals surface area (Å²) in [5, 5.41) is 4.69. The number of epoxide rings is 1. The fourth-order valence-corrected chi connectivity index (χ4v) is 3.66. The van der Waals surface area contributed by atoms with Gasteiger partial charge in [0.2, 0.25) is 0 Å². The first-order chi connectivity index (χ1) is 10.0. The molecule has 1 aromatic carbocycles. The molecular formula is C15H15ClFN3O. The van der Waals surface area contributed by atoms with Crippen molar-refractivity contribution in [2.75, 3.05) is 0 Å². The highest BCUT2D eigenvalue weighted by atomic mass is 35.5. The highest BCUT2D eigenvalue weighted by Crippen LogP contribution is 2.70. The van der Waals surface area contributed by atoms with Crippen molar-refractivity contribution in [1.29, 1.82) is 0 Å². The first-order valence-corrected chi connectivity index (χ1v) is 7.35. The van der Waals surface area contributed by atoms with E-state index >= 15 is 4.39 Å². The van der Waals surface area contributed by atoms with Crippen LogP contribution in [0.25, 0.3) is 0 Å². The van der Waals surface area contributed by atoms with Crippen LogP contribution in [0.5, 0.6) is 0 Å². The fraction of sp³-hybridized carbons (Fsp3) is 0.467. The first-order valence-electron chi connectivity index (χ1n) is 6.97. The second kappa shape index (κ2) is 4.05. The molecule has 21 heavy (non-hydrogen) atoms. The van der Waals surface area contributed by atoms with Crippen molar-refractivity contribution in [3.8, 4) is 0 Å². The average molecular weight is 308 g/mol. The number of hydrogen-bond donors (Lipinski definition) is 0. The van der Waals surface area contributed by atoms with Crippen molar-refractivity contribution < 1.29 is 9.13 Å². The molecule has 0 spiro atoms. The standard InChI is InChI=1S/C15H15ClFN3O/c1-13(11-4-2-3-5-12(11)16)15(21-13,14(17)6-7-14)8-20-10-18-9-19-20/h2-5,9-10H,6-8H2,1H3. The maximum atomic E-state index is 15.0. The molecule has 1 aliphatic carbocycles. The SMILES string of the molecule is CC1(c2ccccc2Cl)OC1(Cn1cncn1)C1(F)CC1. The normalized spacial score (nSPS) is 32.9. The van der Waals surface area contributed by atoms with Gasteiger partial charge in [-0.05, 0) is 25.8 Å². The molecule has 0 radical (unpaired) electrons. The molecule has 2 heterocycles. The molecule has 1 aromatic heterocycles. The van der Waals surface area contributed by atoms with Gasteiger partial charge in [-0.15, -0.1) is 0 Å². The molecule has 1 aliphatic heterocycles. The molecule has 2 aromatic rings. The van der Waals surface area contributed by atoms with Gasteiger partial charge in [0.05, 0.1) is 6.54 Å². The number of hydrogen-bond acceptors (Lipinski definition) is 3. The van der Waals surface area contributed by atoms with Crippen molar-refractivity contribution in [3.05, 3.63) is 47.5 Å². The largest absolute Gasteiger partial charge is 0.352 e. The van der Waals surface area contributed by atoms with Gasteiger partial charge >= 0.3 is 0 Å². The third-order valence-electron chi connectivity index (χ3n) is 4.76. The maximum absolute atomic E-state index is 15.0. The van der Waals surface area contributed by atoms with Crippen LogP contribution >= 0.6 is 11.6 Å². The van der Waals surface area contributed by atoms with E-state index < -0.39 is 16.9 Å². The van der Waals surface area contributed by atoms with E-state index in [9.17, 15) is 0 Å². The van der Waals surface area contributed by atoms with Gasteiger partial charge in [-0.3, -0.25) is 0 Å². The van der Waals surface area contributed by atoms with Crippen LogP contribution in [-0.4, -0.2) is 26.0 Å². The zero-order valence-corrected chi connectivity index (χ0v) is 12.3. The Labute approximate surface area is 126 Å². The Morgan fingerprint density at radius 1 is 1.38 bits per heavy atom. The minimum atomic E-state index is -1.31. The Kier molecular flexibility index (Phi) is 2.55. The summed E-state index contributed by atoms with van der Waals surface area (Å²) < 4.78 is 22.7. The summed E-state index contributed by atoms with van der Waals surface area (Å²) in [7, 11) is 0. The number of benzene rings is 1. The van der Waals surface area contributed by atoms with Crippen LogP contribution in [0.3, 0.4) is 0 Å². The van der Waals surface area contributed by atoms with Gasteiger partial charge in [0.25, 0.3) is 0 Å². The van der Waals surface area contributed by atoms with E-state index in [4.69, 9.17) is 16.3 Å². The van der Waals surface area contributed by atoms with Gasteiger partial charge in [0, 0.05) is 10.6 Å². The molecule has 6 heteroatoms. The maximum Gasteiger partial charge on any atom is 0.156 e. The molecule has 2 unspecified atom stereocenters. The van der Waals surface area contributed by atoms with Crippen molar-refractivity contribution in [1.82, 2.24) is 14.8 Å². The lowest BCUT2D eigenvalue weighted by molar-refractivity contribution is 0.120. The molecule has 0 amide bonds. The average Bonchev–Trinajstić information content (AvgIpc) is 3.26. The summed E-state index contributed by atoms with van der Waals surface area (Å²) in [5.74, 6) is 0. The van der Waals surface area contributed by atoms with E-state index in [1.807, 2.05) is 31.2 Å². The van der Waals surface area contributed by atoms with E-state index in [1.54, 1.807) is 11.0 Å². The van der Waals surface area contributed by atoms with Gasteiger partial charge in [-0.2, -0.15) is 5.10 Å². The first kappa shape index (κ1) is 13.2. The van der Waals surface area contributed by atoms with Gasteiger partial charge in [-0.25, -0.2) is 14.1 Å². The number of ether oxygens (including phenoxy) is 1. The van der Waals surface area contributed by atoms with E-state index in [0.717, 1.165) is 5.56 Å². The molecule has 2 atom stereocenters. The van der Waals surface area contributed by atoms with Crippen molar-refractivity contribution in [2.24, 2.45) is 0 Å². The van der Waals surface area contributed by atoms with Crippen molar-refractivity contribution in [3.63, 3.8) is 0 Å². The molecular weight excluding hydrogens is 293 g/mol. The molecule has 0 N–H and O–H groups in total. The molecule has 1 saturated heterocycles. The van der Waals surface area contributed by atoms with Gasteiger partial charge in [0.1, 0.15) is 23.9 Å². The van der Waals surface area contributed by atoms with Crippen LogP contribution in [0.1, 0.15) is 25.3 Å². The number of nitrogens with zero attached hydrogens (tertiary/aromatic N) is 3. The smallest absolute Gasteiger partial charge is 0.156 e. The number of halogens is 2. The van der Waals surface area contributed by atoms with E-state index in [2.05, 4.69) is 10.1 Å². The molecule has 2 aliphatic rings. The lowest BCUT2D eigenvalue weighted by Gasteiger charge is -2.21. The molecule has 2 fully saturated rings. The minimum Gasteiger partial charge on any atom is -0.352 e. The van der Waals surface area contributed by atoms with Gasteiger partial charge in [0.15, 0.2) is 5.60 Å². The van der Waals surface area contributed by atoms with Crippen molar-refractivity contribution in [2.45, 2.75) is 43.2 Å². The number of rotatable bonds is 4. The van der Waals surface area contributed by atoms with Crippen LogP contribution in [-0.2, 0) is 16.9 Å². The Morgan fingerprint density at radius 3 is 2.76 bits per heavy atom. The molecule has 4 rings (SSSR count). The van der Waals surface area contributed by atoms with E-state index in [-0.39, 0.29) is 0 Å². The summed E-state index contributed by atoms with van der Waals surface area (Å²) in [6, 6.07) is 7.46. The van der Waals surface area contributed by atoms with Gasteiger partial charge in [-0.1, -0.05) is 29.8 Å². The van der Waals surface area contributed by atoms with E-state index in [0.29, 0.717) is 24.4 Å². The predicted molar refractivity (Wildman–Crippen MR) is 75.7 cm³/mol. The second-order valence-corrected chi connectivity index (χ2v) is 6.41. The topological polar surface area (TPSA) is 43.2 Å². The van der Waals surface area contributed by atoms with Gasteiger partial charge < -0.3 is 4.74 Å². The highest BCUT2D eigenvalue weighted by Gasteiger charge is 2.82. The monoisotopic (exact) mass is 307 g/mol. The summed E-state index contributed by atoms with van der Waals surface area (Å²) in [4.78, 5) is 3.92. The Balaban J connectivity index is 1.76. The highest BCUT2D eigenvalue weighted by molar-refractivity contribution is 6.31. The Hall–Kier alpha value is -1.46. The Bertz CT molecular complexity index is 688. The summed E-state index contributed by atoms with van der Waals surface area (Å²) in [6.45, 7) is 2.25. The molecule has 1 saturated carbocycles. The quantitative estimate of drug-likeness (QED) is 0.815. The van der Waals surface area contributed by atoms with Crippen LogP contribution in [0.4, 0.5) is 4.39 Å². The lowest BCUT2D eigenvalue weighted by Crippen LogP contribution is -2.39. The molecule has 110 valence electrons. The number of alkyl halides is 1. The summed E-state index contributed by atoms with van der Waals surface area (Å²) >= 11 is 6.29. The molecule has 0 bridgehead atoms. The van der Waals surface area contributed by atoms with Crippen LogP contribution < -0.4 is 0 Å². The Morgan fingerprint density at radius 2 is 2.14 bits per heavy atom. The van der Waals surface area contributed by atoms with Crippen molar-refractivity contribution >= 4 is 11.6 Å². The molecule has 4 nitrogen and oxygen atoms in total. The third kappa shape index (κ3) is 1.71. The van der Waals surface area contributed by atoms with E-state index in [1.165, 1.54) is 6.33 Å². The lowest BCUT2D eigenvalue weighted by atomic mass is 9.83. The van der Waals surface area contributed by atoms with Crippen LogP contribution in [0, 0.1) is 0 Å². The van der Waals surface area contributed by atoms with Crippen LogP contribution in [0.15, 0.2) is 36.9 Å². The van der Waals surface area contributed by atoms with Crippen LogP contribution in [0.2, 0.25) is 5.02 Å². The summed E-state index contributed by atoms with van der Waals surface area (Å²) in [6.07, 6.45) is 4.06. The minimum absolute atomic E-state index is 0.339. The summed E-state index contributed by atoms with van der Waals surface area (Å²) in [5.41, 5.74) is -2.13. The zero-order valence-electron chi connectivity index (χ0n) is 11.6.